The molecule has 0 bridgehead atoms. The van der Waals surface area contributed by atoms with E-state index in [1.165, 1.54) is 18.2 Å². The van der Waals surface area contributed by atoms with Crippen molar-refractivity contribution in [2.24, 2.45) is 0 Å². The van der Waals surface area contributed by atoms with Crippen molar-refractivity contribution >= 4 is 44.0 Å². The highest BCUT2D eigenvalue weighted by atomic mass is 35.5. The predicted octanol–water partition coefficient (Wildman–Crippen LogP) is 3.26. The number of nitrogens with one attached hydrogen (secondary N) is 1. The molecule has 0 atom stereocenters. The number of phenols is 1. The molecule has 3 rings (SSSR count). The summed E-state index contributed by atoms with van der Waals surface area (Å²) in [5.74, 6) is -1.95. The Kier molecular flexibility index (Phi) is 4.19. The van der Waals surface area contributed by atoms with Gasteiger partial charge in [0, 0.05) is 17.1 Å². The quantitative estimate of drug-likeness (QED) is 0.359. The smallest absolute Gasteiger partial charge is 0.313 e. The van der Waals surface area contributed by atoms with Gasteiger partial charge in [0.15, 0.2) is 5.82 Å². The van der Waals surface area contributed by atoms with Gasteiger partial charge in [0.1, 0.15) is 10.8 Å². The Balaban J connectivity index is 2.10. The molecular formula is C14H8ClF2N3O4S. The molecule has 7 nitrogen and oxygen atoms in total. The van der Waals surface area contributed by atoms with E-state index in [9.17, 15) is 22.3 Å². The number of halogens is 3. The van der Waals surface area contributed by atoms with Gasteiger partial charge in [-0.2, -0.15) is 27.2 Å². The molecule has 0 aliphatic rings. The zero-order valence-electron chi connectivity index (χ0n) is 12.0. The molecule has 1 aromatic heterocycles. The lowest BCUT2D eigenvalue weighted by Gasteiger charge is -2.10. The Labute approximate surface area is 144 Å². The first-order valence-electron chi connectivity index (χ1n) is 6.55. The fourth-order valence-electron chi connectivity index (χ4n) is 2.16. The zero-order valence-corrected chi connectivity index (χ0v) is 13.6. The fraction of sp³-hybridized carbons (Fsp3) is 0. The second kappa shape index (κ2) is 6.06. The van der Waals surface area contributed by atoms with E-state index in [0.717, 1.165) is 12.1 Å². The van der Waals surface area contributed by atoms with Gasteiger partial charge in [-0.05, 0) is 29.7 Å². The van der Waals surface area contributed by atoms with Crippen molar-refractivity contribution in [1.29, 1.82) is 0 Å². The molecule has 0 aliphatic carbocycles. The van der Waals surface area contributed by atoms with Crippen molar-refractivity contribution in [2.75, 3.05) is 5.32 Å². The normalized spacial score (nSPS) is 11.7. The SMILES string of the molecule is O=S(=O)(O)c1cc(O)c2ccc(Nc3nc(F)nc(F)c3Cl)cc2c1. The molecule has 0 saturated carbocycles. The van der Waals surface area contributed by atoms with E-state index in [-0.39, 0.29) is 22.6 Å². The molecule has 3 aromatic rings. The second-order valence-corrected chi connectivity index (χ2v) is 6.72. The van der Waals surface area contributed by atoms with Crippen LogP contribution in [0.25, 0.3) is 10.8 Å². The van der Waals surface area contributed by atoms with Crippen molar-refractivity contribution in [1.82, 2.24) is 9.97 Å². The average molecular weight is 388 g/mol. The maximum atomic E-state index is 13.3. The van der Waals surface area contributed by atoms with E-state index >= 15 is 0 Å². The molecule has 11 heteroatoms. The van der Waals surface area contributed by atoms with Gasteiger partial charge in [-0.15, -0.1) is 0 Å². The fourth-order valence-corrected chi connectivity index (χ4v) is 2.83. The summed E-state index contributed by atoms with van der Waals surface area (Å²) in [6.07, 6.45) is -1.32. The number of hydrogen-bond acceptors (Lipinski definition) is 6. The zero-order chi connectivity index (χ0) is 18.4. The number of rotatable bonds is 3. The molecule has 25 heavy (non-hydrogen) atoms. The lowest BCUT2D eigenvalue weighted by Crippen LogP contribution is -2.02. The molecule has 0 amide bonds. The van der Waals surface area contributed by atoms with Crippen molar-refractivity contribution in [3.05, 3.63) is 47.4 Å². The summed E-state index contributed by atoms with van der Waals surface area (Å²) in [5, 5.41) is 12.4. The maximum Gasteiger partial charge on any atom is 0.313 e. The van der Waals surface area contributed by atoms with Crippen LogP contribution in [-0.4, -0.2) is 28.0 Å². The van der Waals surface area contributed by atoms with Gasteiger partial charge in [0.25, 0.3) is 10.1 Å². The highest BCUT2D eigenvalue weighted by Gasteiger charge is 2.15. The second-order valence-electron chi connectivity index (χ2n) is 4.92. The van der Waals surface area contributed by atoms with E-state index in [0.29, 0.717) is 5.39 Å². The maximum absolute atomic E-state index is 13.3. The standard InChI is InChI=1S/C14H8ClF2N3O4S/c15-11-12(16)19-14(17)20-13(11)18-7-1-2-9-6(3-7)4-8(5-10(9)21)25(22,23)24/h1-5,21H,(H,18,19,20)(H,22,23,24). The Morgan fingerprint density at radius 3 is 2.52 bits per heavy atom. The highest BCUT2D eigenvalue weighted by Crippen LogP contribution is 2.32. The third kappa shape index (κ3) is 3.45. The molecule has 2 aromatic carbocycles. The van der Waals surface area contributed by atoms with Crippen LogP contribution in [0, 0.1) is 12.0 Å². The monoisotopic (exact) mass is 387 g/mol. The van der Waals surface area contributed by atoms with E-state index in [1.807, 2.05) is 0 Å². The lowest BCUT2D eigenvalue weighted by molar-refractivity contribution is 0.471. The van der Waals surface area contributed by atoms with Crippen LogP contribution >= 0.6 is 11.6 Å². The van der Waals surface area contributed by atoms with Crippen molar-refractivity contribution in [3.8, 4) is 5.75 Å². The van der Waals surface area contributed by atoms with Gasteiger partial charge >= 0.3 is 6.08 Å². The van der Waals surface area contributed by atoms with Crippen LogP contribution in [0.1, 0.15) is 0 Å². The van der Waals surface area contributed by atoms with Crippen LogP contribution < -0.4 is 5.32 Å². The number of hydrogen-bond donors (Lipinski definition) is 3. The first-order valence-corrected chi connectivity index (χ1v) is 8.37. The molecule has 3 N–H and O–H groups in total. The average Bonchev–Trinajstić information content (AvgIpc) is 2.51. The molecule has 130 valence electrons. The summed E-state index contributed by atoms with van der Waals surface area (Å²) in [6.45, 7) is 0. The van der Waals surface area contributed by atoms with Gasteiger partial charge in [0.2, 0.25) is 5.95 Å². The van der Waals surface area contributed by atoms with Gasteiger partial charge in [-0.25, -0.2) is 0 Å². The molecule has 0 spiro atoms. The Morgan fingerprint density at radius 1 is 1.12 bits per heavy atom. The van der Waals surface area contributed by atoms with Crippen LogP contribution in [0.3, 0.4) is 0 Å². The predicted molar refractivity (Wildman–Crippen MR) is 85.7 cm³/mol. The first kappa shape index (κ1) is 17.3. The van der Waals surface area contributed by atoms with Gasteiger partial charge in [-0.1, -0.05) is 11.6 Å². The number of benzene rings is 2. The van der Waals surface area contributed by atoms with E-state index in [1.54, 1.807) is 0 Å². The van der Waals surface area contributed by atoms with Crippen molar-refractivity contribution in [3.63, 3.8) is 0 Å². The summed E-state index contributed by atoms with van der Waals surface area (Å²) >= 11 is 5.66. The summed E-state index contributed by atoms with van der Waals surface area (Å²) in [7, 11) is -4.53. The summed E-state index contributed by atoms with van der Waals surface area (Å²) in [4.78, 5) is 5.66. The summed E-state index contributed by atoms with van der Waals surface area (Å²) in [6, 6.07) is 6.28. The molecular weight excluding hydrogens is 380 g/mol. The largest absolute Gasteiger partial charge is 0.507 e. The molecule has 1 heterocycles. The minimum absolute atomic E-state index is 0.240. The van der Waals surface area contributed by atoms with Gasteiger partial charge in [-0.3, -0.25) is 4.55 Å². The minimum atomic E-state index is -4.53. The number of aromatic nitrogens is 2. The van der Waals surface area contributed by atoms with Crippen LogP contribution in [-0.2, 0) is 10.1 Å². The summed E-state index contributed by atoms with van der Waals surface area (Å²) in [5.41, 5.74) is 0.249. The Hall–Kier alpha value is -2.56. The molecule has 0 radical (unpaired) electrons. The number of phenolic OH excluding ortho intramolecular Hbond substituents is 1. The Bertz CT molecular complexity index is 1110. The van der Waals surface area contributed by atoms with Crippen molar-refractivity contribution in [2.45, 2.75) is 4.90 Å². The van der Waals surface area contributed by atoms with E-state index < -0.39 is 32.1 Å². The van der Waals surface area contributed by atoms with E-state index in [2.05, 4.69) is 15.3 Å². The third-order valence-electron chi connectivity index (χ3n) is 3.25. The van der Waals surface area contributed by atoms with Crippen LogP contribution in [0.5, 0.6) is 5.75 Å². The van der Waals surface area contributed by atoms with Gasteiger partial charge in [0.05, 0.1) is 4.90 Å². The van der Waals surface area contributed by atoms with Gasteiger partial charge < -0.3 is 10.4 Å². The first-order chi connectivity index (χ1) is 11.6. The number of aromatic hydroxyl groups is 1. The third-order valence-corrected chi connectivity index (χ3v) is 4.41. The van der Waals surface area contributed by atoms with Crippen LogP contribution in [0.2, 0.25) is 5.02 Å². The molecule has 0 aliphatic heterocycles. The number of nitrogens with zero attached hydrogens (tertiary/aromatic N) is 2. The summed E-state index contributed by atoms with van der Waals surface area (Å²) < 4.78 is 58.0. The number of fused-ring (bicyclic) bond motifs is 1. The topological polar surface area (TPSA) is 112 Å². The number of anilines is 2. The van der Waals surface area contributed by atoms with Crippen LogP contribution in [0.15, 0.2) is 35.2 Å². The Morgan fingerprint density at radius 2 is 1.84 bits per heavy atom. The molecule has 0 unspecified atom stereocenters. The highest BCUT2D eigenvalue weighted by molar-refractivity contribution is 7.85. The van der Waals surface area contributed by atoms with Crippen molar-refractivity contribution < 1.29 is 26.9 Å². The molecule has 0 saturated heterocycles. The van der Waals surface area contributed by atoms with E-state index in [4.69, 9.17) is 16.2 Å². The molecule has 0 fully saturated rings. The van der Waals surface area contributed by atoms with Crippen LogP contribution in [0.4, 0.5) is 20.3 Å². The lowest BCUT2D eigenvalue weighted by atomic mass is 10.1. The minimum Gasteiger partial charge on any atom is -0.507 e.